The van der Waals surface area contributed by atoms with Crippen molar-refractivity contribution in [1.82, 2.24) is 14.9 Å². The number of hydrogen-bond acceptors (Lipinski definition) is 2. The molecule has 1 saturated carbocycles. The first-order chi connectivity index (χ1) is 8.15. The van der Waals surface area contributed by atoms with Gasteiger partial charge in [-0.05, 0) is 31.2 Å². The Labute approximate surface area is 105 Å². The molecule has 3 heteroatoms. The van der Waals surface area contributed by atoms with E-state index in [1.54, 1.807) is 0 Å². The maximum absolute atomic E-state index is 4.20. The largest absolute Gasteiger partial charge is 0.333 e. The Kier molecular flexibility index (Phi) is 3.87. The molecule has 2 unspecified atom stereocenters. The van der Waals surface area contributed by atoms with Gasteiger partial charge in [0.1, 0.15) is 0 Å². The number of imidazole rings is 1. The Morgan fingerprint density at radius 1 is 1.47 bits per heavy atom. The van der Waals surface area contributed by atoms with Gasteiger partial charge in [0, 0.05) is 18.4 Å². The first kappa shape index (κ1) is 12.6. The molecule has 0 radical (unpaired) electrons. The Morgan fingerprint density at radius 3 is 2.94 bits per heavy atom. The Balaban J connectivity index is 2.16. The van der Waals surface area contributed by atoms with E-state index in [0.29, 0.717) is 17.5 Å². The van der Waals surface area contributed by atoms with Crippen molar-refractivity contribution in [1.29, 1.82) is 0 Å². The lowest BCUT2D eigenvalue weighted by Crippen LogP contribution is -2.50. The molecule has 0 spiro atoms. The highest BCUT2D eigenvalue weighted by molar-refractivity contribution is 4.98. The Hall–Kier alpha value is -0.830. The predicted molar refractivity (Wildman–Crippen MR) is 71.0 cm³/mol. The fourth-order valence-electron chi connectivity index (χ4n) is 3.11. The molecule has 1 aromatic rings. The average Bonchev–Trinajstić information content (AvgIpc) is 2.79. The third kappa shape index (κ3) is 2.71. The molecule has 1 heterocycles. The lowest BCUT2D eigenvalue weighted by atomic mass is 9.70. The summed E-state index contributed by atoms with van der Waals surface area (Å²) in [6.45, 7) is 8.13. The van der Waals surface area contributed by atoms with E-state index >= 15 is 0 Å². The summed E-state index contributed by atoms with van der Waals surface area (Å²) >= 11 is 0. The average molecular weight is 235 g/mol. The quantitative estimate of drug-likeness (QED) is 0.869. The summed E-state index contributed by atoms with van der Waals surface area (Å²) in [4.78, 5) is 4.20. The van der Waals surface area contributed by atoms with Crippen LogP contribution in [0.3, 0.4) is 0 Å². The first-order valence-corrected chi connectivity index (χ1v) is 6.86. The molecule has 2 atom stereocenters. The van der Waals surface area contributed by atoms with Gasteiger partial charge in [0.05, 0.1) is 12.4 Å². The molecule has 0 amide bonds. The zero-order valence-corrected chi connectivity index (χ0v) is 11.3. The Bertz CT molecular complexity index is 329. The normalized spacial score (nSPS) is 28.2. The van der Waals surface area contributed by atoms with Gasteiger partial charge in [0.25, 0.3) is 0 Å². The van der Waals surface area contributed by atoms with E-state index in [-0.39, 0.29) is 0 Å². The van der Waals surface area contributed by atoms with Crippen LogP contribution < -0.4 is 5.32 Å². The van der Waals surface area contributed by atoms with Crippen LogP contribution in [-0.2, 0) is 0 Å². The van der Waals surface area contributed by atoms with Crippen molar-refractivity contribution < 1.29 is 0 Å². The van der Waals surface area contributed by atoms with Crippen LogP contribution in [0.2, 0.25) is 0 Å². The number of hydrogen-bond donors (Lipinski definition) is 1. The smallest absolute Gasteiger partial charge is 0.0949 e. The molecule has 0 saturated heterocycles. The maximum Gasteiger partial charge on any atom is 0.0949 e. The second-order valence-electron chi connectivity index (χ2n) is 5.89. The van der Waals surface area contributed by atoms with Crippen molar-refractivity contribution in [3.8, 4) is 0 Å². The van der Waals surface area contributed by atoms with E-state index in [1.807, 2.05) is 12.5 Å². The molecule has 1 aliphatic rings. The Morgan fingerprint density at radius 2 is 2.29 bits per heavy atom. The van der Waals surface area contributed by atoms with E-state index in [2.05, 4.69) is 41.8 Å². The molecule has 96 valence electrons. The molecule has 17 heavy (non-hydrogen) atoms. The summed E-state index contributed by atoms with van der Waals surface area (Å²) in [7, 11) is 0. The molecule has 0 aliphatic heterocycles. The van der Waals surface area contributed by atoms with Crippen LogP contribution in [-0.4, -0.2) is 22.1 Å². The van der Waals surface area contributed by atoms with Gasteiger partial charge in [-0.1, -0.05) is 27.2 Å². The second kappa shape index (κ2) is 5.21. The minimum atomic E-state index is 0.377. The summed E-state index contributed by atoms with van der Waals surface area (Å²) < 4.78 is 2.29. The summed E-state index contributed by atoms with van der Waals surface area (Å²) in [5.41, 5.74) is 0.377. The van der Waals surface area contributed by atoms with E-state index in [4.69, 9.17) is 0 Å². The fourth-order valence-corrected chi connectivity index (χ4v) is 3.11. The number of nitrogens with zero attached hydrogens (tertiary/aromatic N) is 2. The van der Waals surface area contributed by atoms with Crippen molar-refractivity contribution in [2.45, 2.75) is 58.5 Å². The standard InChI is InChI=1S/C14H25N3/c1-4-8-16-13-12(17-10-9-15-11-17)6-5-7-14(13,2)3/h9-13,16H,4-8H2,1-3H3. The van der Waals surface area contributed by atoms with Gasteiger partial charge in [0.2, 0.25) is 0 Å². The highest BCUT2D eigenvalue weighted by Crippen LogP contribution is 2.41. The SMILES string of the molecule is CCCNC1C(n2ccnc2)CCCC1(C)C. The molecule has 1 aromatic heterocycles. The second-order valence-corrected chi connectivity index (χ2v) is 5.89. The highest BCUT2D eigenvalue weighted by atomic mass is 15.1. The highest BCUT2D eigenvalue weighted by Gasteiger charge is 2.39. The molecule has 0 bridgehead atoms. The number of rotatable bonds is 4. The van der Waals surface area contributed by atoms with Crippen LogP contribution in [0.5, 0.6) is 0 Å². The molecule has 1 N–H and O–H groups in total. The van der Waals surface area contributed by atoms with Gasteiger partial charge >= 0.3 is 0 Å². The lowest BCUT2D eigenvalue weighted by molar-refractivity contribution is 0.113. The van der Waals surface area contributed by atoms with E-state index < -0.39 is 0 Å². The third-order valence-corrected chi connectivity index (χ3v) is 4.07. The first-order valence-electron chi connectivity index (χ1n) is 6.86. The topological polar surface area (TPSA) is 29.9 Å². The van der Waals surface area contributed by atoms with E-state index in [0.717, 1.165) is 6.54 Å². The minimum absolute atomic E-state index is 0.377. The van der Waals surface area contributed by atoms with Gasteiger partial charge in [-0.2, -0.15) is 0 Å². The van der Waals surface area contributed by atoms with Gasteiger partial charge in [-0.3, -0.25) is 0 Å². The monoisotopic (exact) mass is 235 g/mol. The molecular weight excluding hydrogens is 210 g/mol. The summed E-state index contributed by atoms with van der Waals surface area (Å²) in [5.74, 6) is 0. The molecule has 2 rings (SSSR count). The van der Waals surface area contributed by atoms with Crippen LogP contribution in [0.4, 0.5) is 0 Å². The minimum Gasteiger partial charge on any atom is -0.333 e. The van der Waals surface area contributed by atoms with Crippen molar-refractivity contribution in [2.24, 2.45) is 5.41 Å². The van der Waals surface area contributed by atoms with Crippen LogP contribution in [0.25, 0.3) is 0 Å². The lowest BCUT2D eigenvalue weighted by Gasteiger charge is -2.45. The molecular formula is C14H25N3. The summed E-state index contributed by atoms with van der Waals surface area (Å²) in [6.07, 6.45) is 11.1. The zero-order valence-electron chi connectivity index (χ0n) is 11.3. The number of nitrogens with one attached hydrogen (secondary N) is 1. The third-order valence-electron chi connectivity index (χ3n) is 4.07. The van der Waals surface area contributed by atoms with Crippen molar-refractivity contribution in [3.63, 3.8) is 0 Å². The molecule has 3 nitrogen and oxygen atoms in total. The molecule has 0 aromatic carbocycles. The zero-order chi connectivity index (χ0) is 12.3. The van der Waals surface area contributed by atoms with Crippen molar-refractivity contribution >= 4 is 0 Å². The van der Waals surface area contributed by atoms with Gasteiger partial charge in [0.15, 0.2) is 0 Å². The van der Waals surface area contributed by atoms with E-state index in [1.165, 1.54) is 25.7 Å². The van der Waals surface area contributed by atoms with Crippen LogP contribution in [0.1, 0.15) is 52.5 Å². The molecule has 1 aliphatic carbocycles. The molecule has 1 fully saturated rings. The van der Waals surface area contributed by atoms with Crippen molar-refractivity contribution in [3.05, 3.63) is 18.7 Å². The van der Waals surface area contributed by atoms with Gasteiger partial charge in [-0.25, -0.2) is 4.98 Å². The van der Waals surface area contributed by atoms with Crippen molar-refractivity contribution in [2.75, 3.05) is 6.54 Å². The summed E-state index contributed by atoms with van der Waals surface area (Å²) in [6, 6.07) is 1.12. The number of aromatic nitrogens is 2. The van der Waals surface area contributed by atoms with Gasteiger partial charge in [-0.15, -0.1) is 0 Å². The predicted octanol–water partition coefficient (Wildman–Crippen LogP) is 3.00. The van der Waals surface area contributed by atoms with Gasteiger partial charge < -0.3 is 9.88 Å². The van der Waals surface area contributed by atoms with Crippen LogP contribution in [0, 0.1) is 5.41 Å². The van der Waals surface area contributed by atoms with E-state index in [9.17, 15) is 0 Å². The van der Waals surface area contributed by atoms with Crippen LogP contribution in [0.15, 0.2) is 18.7 Å². The summed E-state index contributed by atoms with van der Waals surface area (Å²) in [5, 5.41) is 3.75. The maximum atomic E-state index is 4.20. The fraction of sp³-hybridized carbons (Fsp3) is 0.786. The van der Waals surface area contributed by atoms with Crippen LogP contribution >= 0.6 is 0 Å².